The smallest absolute Gasteiger partial charge is 0.248 e. The van der Waals surface area contributed by atoms with E-state index in [4.69, 9.17) is 17.3 Å². The van der Waals surface area contributed by atoms with Crippen LogP contribution >= 0.6 is 11.6 Å². The van der Waals surface area contributed by atoms with Gasteiger partial charge in [-0.2, -0.15) is 0 Å². The number of primary amides is 1. The van der Waals surface area contributed by atoms with Crippen molar-refractivity contribution in [1.82, 2.24) is 15.1 Å². The molecule has 0 saturated carbocycles. The van der Waals surface area contributed by atoms with Gasteiger partial charge in [0.15, 0.2) is 0 Å². The Kier molecular flexibility index (Phi) is 8.44. The minimum absolute atomic E-state index is 0.298. The molecule has 2 heterocycles. The minimum Gasteiger partial charge on any atom is -0.369 e. The Morgan fingerprint density at radius 1 is 1.03 bits per heavy atom. The molecule has 204 valence electrons. The molecule has 1 aliphatic carbocycles. The molecule has 0 aromatic heterocycles. The Morgan fingerprint density at radius 3 is 2.39 bits per heavy atom. The fraction of sp³-hybridized carbons (Fsp3) is 0.516. The maximum atomic E-state index is 11.4. The number of benzene rings is 2. The van der Waals surface area contributed by atoms with Gasteiger partial charge in [0.1, 0.15) is 0 Å². The molecule has 0 radical (unpaired) electrons. The lowest BCUT2D eigenvalue weighted by Crippen LogP contribution is -2.52. The zero-order valence-corrected chi connectivity index (χ0v) is 23.6. The molecule has 6 nitrogen and oxygen atoms in total. The number of nitrogens with one attached hydrogen (secondary N) is 1. The Morgan fingerprint density at radius 2 is 1.74 bits per heavy atom. The number of carbonyl (C=O) groups excluding carboxylic acids is 1. The summed E-state index contributed by atoms with van der Waals surface area (Å²) < 4.78 is 0. The molecule has 3 N–H and O–H groups in total. The standard InChI is InChI=1S/C31H42ClN5O/c1-23-20-36(14-13-34-23)22-31(2)12-11-29(24-3-7-27(32)8-4-24)26(19-31)21-35-15-17-37(18-16-35)28-9-5-25(6-10-28)30(33)38/h3-10,23,34H,11-22H2,1-2H3,(H2,33,38)/t23-,31-/m1/s1. The van der Waals surface area contributed by atoms with Crippen molar-refractivity contribution >= 4 is 28.8 Å². The van der Waals surface area contributed by atoms with E-state index in [1.165, 1.54) is 24.1 Å². The second-order valence-electron chi connectivity index (χ2n) is 11.8. The van der Waals surface area contributed by atoms with Gasteiger partial charge in [-0.05, 0) is 79.1 Å². The predicted molar refractivity (Wildman–Crippen MR) is 158 cm³/mol. The van der Waals surface area contributed by atoms with Crippen LogP contribution in [-0.2, 0) is 0 Å². The van der Waals surface area contributed by atoms with Crippen LogP contribution in [-0.4, -0.2) is 80.7 Å². The molecule has 0 spiro atoms. The summed E-state index contributed by atoms with van der Waals surface area (Å²) in [6, 6.07) is 16.7. The van der Waals surface area contributed by atoms with Gasteiger partial charge in [0.25, 0.3) is 0 Å². The topological polar surface area (TPSA) is 64.8 Å². The SMILES string of the molecule is C[C@@H]1CN(C[C@]2(C)CCC(c3ccc(Cl)cc3)=C(CN3CCN(c4ccc(C(N)=O)cc4)CC3)C2)CCN1. The average molecular weight is 536 g/mol. The lowest BCUT2D eigenvalue weighted by molar-refractivity contribution is 0.1000. The molecule has 0 bridgehead atoms. The zero-order chi connectivity index (χ0) is 26.7. The molecule has 2 atom stereocenters. The first kappa shape index (κ1) is 27.2. The molecule has 7 heteroatoms. The maximum absolute atomic E-state index is 11.4. The second kappa shape index (κ2) is 11.8. The normalized spacial score (nSPS) is 25.6. The molecule has 3 aliphatic rings. The van der Waals surface area contributed by atoms with Crippen LogP contribution in [0.4, 0.5) is 5.69 Å². The number of hydrogen-bond donors (Lipinski definition) is 2. The lowest BCUT2D eigenvalue weighted by Gasteiger charge is -2.44. The number of anilines is 1. The number of nitrogens with two attached hydrogens (primary N) is 1. The molecule has 2 fully saturated rings. The fourth-order valence-electron chi connectivity index (χ4n) is 6.57. The van der Waals surface area contributed by atoms with Gasteiger partial charge in [-0.15, -0.1) is 0 Å². The summed E-state index contributed by atoms with van der Waals surface area (Å²) in [7, 11) is 0. The average Bonchev–Trinajstić information content (AvgIpc) is 2.90. The van der Waals surface area contributed by atoms with E-state index in [9.17, 15) is 4.79 Å². The van der Waals surface area contributed by atoms with E-state index in [2.05, 4.69) is 46.0 Å². The number of carbonyl (C=O) groups is 1. The highest BCUT2D eigenvalue weighted by Gasteiger charge is 2.35. The zero-order valence-electron chi connectivity index (χ0n) is 22.9. The Labute approximate surface area is 232 Å². The van der Waals surface area contributed by atoms with Crippen LogP contribution in [0.15, 0.2) is 54.1 Å². The third-order valence-electron chi connectivity index (χ3n) is 8.60. The van der Waals surface area contributed by atoms with Crippen LogP contribution in [0.2, 0.25) is 5.02 Å². The van der Waals surface area contributed by atoms with Gasteiger partial charge < -0.3 is 16.0 Å². The minimum atomic E-state index is -0.378. The number of piperazine rings is 2. The van der Waals surface area contributed by atoms with Gasteiger partial charge in [-0.3, -0.25) is 14.6 Å². The van der Waals surface area contributed by atoms with Crippen molar-refractivity contribution in [3.63, 3.8) is 0 Å². The summed E-state index contributed by atoms with van der Waals surface area (Å²) in [6.45, 7) is 14.4. The molecular formula is C31H42ClN5O. The monoisotopic (exact) mass is 535 g/mol. The molecular weight excluding hydrogens is 494 g/mol. The van der Waals surface area contributed by atoms with Gasteiger partial charge in [-0.1, -0.05) is 36.2 Å². The van der Waals surface area contributed by atoms with Crippen LogP contribution in [0, 0.1) is 5.41 Å². The largest absolute Gasteiger partial charge is 0.369 e. The summed E-state index contributed by atoms with van der Waals surface area (Å²) in [6.07, 6.45) is 3.50. The quantitative estimate of drug-likeness (QED) is 0.546. The van der Waals surface area contributed by atoms with Crippen molar-refractivity contribution in [2.75, 3.05) is 63.8 Å². The fourth-order valence-corrected chi connectivity index (χ4v) is 6.69. The Hall–Kier alpha value is -2.38. The molecule has 0 unspecified atom stereocenters. The second-order valence-corrected chi connectivity index (χ2v) is 12.3. The van der Waals surface area contributed by atoms with E-state index < -0.39 is 0 Å². The summed E-state index contributed by atoms with van der Waals surface area (Å²) >= 11 is 6.23. The number of halogens is 1. The molecule has 1 amide bonds. The Bertz CT molecular complexity index is 1140. The van der Waals surface area contributed by atoms with Gasteiger partial charge in [0.05, 0.1) is 0 Å². The first-order valence-electron chi connectivity index (χ1n) is 14.1. The third-order valence-corrected chi connectivity index (χ3v) is 8.85. The maximum Gasteiger partial charge on any atom is 0.248 e. The molecule has 2 aromatic rings. The number of hydrogen-bond acceptors (Lipinski definition) is 5. The summed E-state index contributed by atoms with van der Waals surface area (Å²) in [5, 5.41) is 4.38. The van der Waals surface area contributed by atoms with Crippen molar-refractivity contribution in [3.05, 3.63) is 70.3 Å². The number of nitrogens with zero attached hydrogens (tertiary/aromatic N) is 3. The van der Waals surface area contributed by atoms with E-state index in [0.29, 0.717) is 17.0 Å². The molecule has 2 aliphatic heterocycles. The summed E-state index contributed by atoms with van der Waals surface area (Å²) in [5.74, 6) is -0.378. The predicted octanol–water partition coefficient (Wildman–Crippen LogP) is 4.50. The third kappa shape index (κ3) is 6.60. The highest BCUT2D eigenvalue weighted by Crippen LogP contribution is 2.44. The molecule has 38 heavy (non-hydrogen) atoms. The number of allylic oxidation sites excluding steroid dienone is 1. The van der Waals surface area contributed by atoms with Crippen molar-refractivity contribution < 1.29 is 4.79 Å². The van der Waals surface area contributed by atoms with E-state index in [1.54, 1.807) is 5.57 Å². The number of amides is 1. The van der Waals surface area contributed by atoms with Crippen LogP contribution in [0.5, 0.6) is 0 Å². The highest BCUT2D eigenvalue weighted by atomic mass is 35.5. The van der Waals surface area contributed by atoms with E-state index in [1.807, 2.05) is 36.4 Å². The first-order chi connectivity index (χ1) is 18.3. The summed E-state index contributed by atoms with van der Waals surface area (Å²) in [4.78, 5) is 19.1. The first-order valence-corrected chi connectivity index (χ1v) is 14.5. The van der Waals surface area contributed by atoms with E-state index in [-0.39, 0.29) is 5.91 Å². The van der Waals surface area contributed by atoms with Crippen molar-refractivity contribution in [1.29, 1.82) is 0 Å². The molecule has 5 rings (SSSR count). The van der Waals surface area contributed by atoms with Crippen LogP contribution in [0.1, 0.15) is 49.0 Å². The van der Waals surface area contributed by atoms with Crippen LogP contribution < -0.4 is 16.0 Å². The van der Waals surface area contributed by atoms with Crippen molar-refractivity contribution in [2.45, 2.75) is 39.2 Å². The summed E-state index contributed by atoms with van der Waals surface area (Å²) in [5.41, 5.74) is 11.9. The van der Waals surface area contributed by atoms with Crippen molar-refractivity contribution in [3.8, 4) is 0 Å². The van der Waals surface area contributed by atoms with Gasteiger partial charge >= 0.3 is 0 Å². The highest BCUT2D eigenvalue weighted by molar-refractivity contribution is 6.30. The van der Waals surface area contributed by atoms with Gasteiger partial charge in [0, 0.05) is 81.2 Å². The molecule has 2 aromatic carbocycles. The van der Waals surface area contributed by atoms with Crippen molar-refractivity contribution in [2.24, 2.45) is 11.1 Å². The lowest BCUT2D eigenvalue weighted by atomic mass is 9.71. The number of rotatable bonds is 7. The van der Waals surface area contributed by atoms with Gasteiger partial charge in [-0.25, -0.2) is 0 Å². The Balaban J connectivity index is 1.29. The van der Waals surface area contributed by atoms with Crippen LogP contribution in [0.3, 0.4) is 0 Å². The van der Waals surface area contributed by atoms with E-state index in [0.717, 1.165) is 75.9 Å². The van der Waals surface area contributed by atoms with Crippen LogP contribution in [0.25, 0.3) is 5.57 Å². The molecule has 2 saturated heterocycles. The van der Waals surface area contributed by atoms with E-state index >= 15 is 0 Å². The van der Waals surface area contributed by atoms with Gasteiger partial charge in [0.2, 0.25) is 5.91 Å².